The highest BCUT2D eigenvalue weighted by molar-refractivity contribution is 5.59. The molecule has 1 aliphatic heterocycles. The third kappa shape index (κ3) is 5.18. The van der Waals surface area contributed by atoms with Crippen LogP contribution in [0.4, 0.5) is 19.1 Å². The topological polar surface area (TPSA) is 74.0 Å². The van der Waals surface area contributed by atoms with Crippen molar-refractivity contribution in [2.24, 2.45) is 5.92 Å². The molecule has 1 saturated carbocycles. The number of ether oxygens (including phenoxy) is 1. The van der Waals surface area contributed by atoms with Gasteiger partial charge in [-0.1, -0.05) is 13.0 Å². The minimum atomic E-state index is -4.52. The van der Waals surface area contributed by atoms with Gasteiger partial charge in [-0.25, -0.2) is 14.8 Å². The average Bonchev–Trinajstić information content (AvgIpc) is 3.23. The average molecular weight is 502 g/mol. The molecule has 5 rings (SSSR count). The minimum Gasteiger partial charge on any atom is -0.381 e. The second-order valence-electron chi connectivity index (χ2n) is 9.80. The SMILES string of the molecule is CC1CCC(Nc2nccc(-c3cn(C4CCOCC4)c(=O)n3-c3cccc(C(F)(F)F)c3)n2)CC1. The number of aromatic nitrogens is 4. The van der Waals surface area contributed by atoms with Crippen molar-refractivity contribution in [1.29, 1.82) is 0 Å². The maximum atomic E-state index is 13.6. The summed E-state index contributed by atoms with van der Waals surface area (Å²) in [6, 6.07) is 6.69. The zero-order chi connectivity index (χ0) is 25.3. The maximum Gasteiger partial charge on any atom is 0.416 e. The fourth-order valence-electron chi connectivity index (χ4n) is 5.10. The number of imidazole rings is 1. The molecule has 1 saturated heterocycles. The van der Waals surface area contributed by atoms with Crippen LogP contribution in [0.15, 0.2) is 47.5 Å². The molecular weight excluding hydrogens is 471 g/mol. The summed E-state index contributed by atoms with van der Waals surface area (Å²) in [6.45, 7) is 3.31. The quantitative estimate of drug-likeness (QED) is 0.503. The van der Waals surface area contributed by atoms with Crippen LogP contribution in [0.2, 0.25) is 0 Å². The van der Waals surface area contributed by atoms with Gasteiger partial charge in [0.1, 0.15) is 0 Å². The third-order valence-corrected chi connectivity index (χ3v) is 7.20. The predicted molar refractivity (Wildman–Crippen MR) is 130 cm³/mol. The number of rotatable bonds is 5. The molecule has 3 heterocycles. The van der Waals surface area contributed by atoms with E-state index in [1.54, 1.807) is 23.0 Å². The van der Waals surface area contributed by atoms with E-state index < -0.39 is 17.4 Å². The van der Waals surface area contributed by atoms with Gasteiger partial charge in [0.25, 0.3) is 0 Å². The Labute approximate surface area is 207 Å². The van der Waals surface area contributed by atoms with Crippen LogP contribution < -0.4 is 11.0 Å². The highest BCUT2D eigenvalue weighted by Gasteiger charge is 2.31. The molecule has 3 aromatic rings. The lowest BCUT2D eigenvalue weighted by molar-refractivity contribution is -0.137. The number of nitrogens with zero attached hydrogens (tertiary/aromatic N) is 4. The van der Waals surface area contributed by atoms with Crippen LogP contribution in [0, 0.1) is 5.92 Å². The molecule has 36 heavy (non-hydrogen) atoms. The molecule has 0 atom stereocenters. The molecule has 0 bridgehead atoms. The molecule has 0 amide bonds. The first-order valence-electron chi connectivity index (χ1n) is 12.5. The third-order valence-electron chi connectivity index (χ3n) is 7.20. The van der Waals surface area contributed by atoms with E-state index in [1.165, 1.54) is 16.7 Å². The molecule has 2 aliphatic rings. The van der Waals surface area contributed by atoms with Crippen molar-refractivity contribution in [3.63, 3.8) is 0 Å². The Hall–Kier alpha value is -3.14. The smallest absolute Gasteiger partial charge is 0.381 e. The number of alkyl halides is 3. The number of halogens is 3. The summed E-state index contributed by atoms with van der Waals surface area (Å²) in [5.74, 6) is 1.16. The number of anilines is 1. The molecule has 0 spiro atoms. The van der Waals surface area contributed by atoms with Gasteiger partial charge in [-0.2, -0.15) is 13.2 Å². The van der Waals surface area contributed by atoms with Gasteiger partial charge in [0.05, 0.1) is 22.6 Å². The number of hydrogen-bond donors (Lipinski definition) is 1. The van der Waals surface area contributed by atoms with Crippen molar-refractivity contribution in [3.05, 3.63) is 58.8 Å². The van der Waals surface area contributed by atoms with Crippen LogP contribution in [0.3, 0.4) is 0 Å². The summed E-state index contributed by atoms with van der Waals surface area (Å²) in [5, 5.41) is 3.40. The molecule has 0 unspecified atom stereocenters. The van der Waals surface area contributed by atoms with E-state index >= 15 is 0 Å². The van der Waals surface area contributed by atoms with E-state index in [4.69, 9.17) is 4.74 Å². The molecule has 1 aliphatic carbocycles. The number of nitrogens with one attached hydrogen (secondary N) is 1. The van der Waals surface area contributed by atoms with Crippen LogP contribution in [0.25, 0.3) is 17.1 Å². The Morgan fingerprint density at radius 1 is 1.06 bits per heavy atom. The van der Waals surface area contributed by atoms with Crippen LogP contribution in [-0.2, 0) is 10.9 Å². The fraction of sp³-hybridized carbons (Fsp3) is 0.500. The summed E-state index contributed by atoms with van der Waals surface area (Å²) in [6.07, 6.45) is 4.45. The second-order valence-corrected chi connectivity index (χ2v) is 9.80. The normalized spacial score (nSPS) is 21.4. The van der Waals surface area contributed by atoms with Gasteiger partial charge in [0.2, 0.25) is 5.95 Å². The molecule has 7 nitrogen and oxygen atoms in total. The molecule has 2 fully saturated rings. The van der Waals surface area contributed by atoms with E-state index in [2.05, 4.69) is 22.2 Å². The lowest BCUT2D eigenvalue weighted by atomic mass is 9.87. The summed E-state index contributed by atoms with van der Waals surface area (Å²) in [5.41, 5.74) is -0.172. The lowest BCUT2D eigenvalue weighted by Crippen LogP contribution is -2.30. The summed E-state index contributed by atoms with van der Waals surface area (Å²) in [7, 11) is 0. The number of benzene rings is 1. The molecule has 10 heteroatoms. The van der Waals surface area contributed by atoms with Gasteiger partial charge in [-0.15, -0.1) is 0 Å². The highest BCUT2D eigenvalue weighted by atomic mass is 19.4. The largest absolute Gasteiger partial charge is 0.416 e. The standard InChI is InChI=1S/C26H30F3N5O2/c1-17-5-7-19(8-6-17)31-24-30-12-9-22(32-24)23-16-33(20-10-13-36-14-11-20)25(35)34(23)21-4-2-3-18(15-21)26(27,28)29/h2-4,9,12,15-17,19-20H,5-8,10-11,13-14H2,1H3,(H,30,31,32). The Kier molecular flexibility index (Phi) is 6.87. The van der Waals surface area contributed by atoms with Crippen molar-refractivity contribution in [3.8, 4) is 17.1 Å². The summed E-state index contributed by atoms with van der Waals surface area (Å²) in [4.78, 5) is 22.6. The van der Waals surface area contributed by atoms with Gasteiger partial charge in [-0.05, 0) is 68.7 Å². The minimum absolute atomic E-state index is 0.0966. The summed E-state index contributed by atoms with van der Waals surface area (Å²) >= 11 is 0. The molecule has 0 radical (unpaired) electrons. The molecule has 1 aromatic carbocycles. The van der Waals surface area contributed by atoms with Crippen molar-refractivity contribution < 1.29 is 17.9 Å². The molecule has 2 aromatic heterocycles. The first kappa shape index (κ1) is 24.5. The van der Waals surface area contributed by atoms with Gasteiger partial charge < -0.3 is 10.1 Å². The number of hydrogen-bond acceptors (Lipinski definition) is 5. The molecule has 192 valence electrons. The molecule has 1 N–H and O–H groups in total. The van der Waals surface area contributed by atoms with Crippen LogP contribution >= 0.6 is 0 Å². The van der Waals surface area contributed by atoms with E-state index in [0.29, 0.717) is 49.3 Å². The monoisotopic (exact) mass is 501 g/mol. The Morgan fingerprint density at radius 3 is 2.53 bits per heavy atom. The van der Waals surface area contributed by atoms with Crippen LogP contribution in [0.1, 0.15) is 57.1 Å². The maximum absolute atomic E-state index is 13.6. The first-order chi connectivity index (χ1) is 17.3. The Bertz CT molecular complexity index is 1250. The zero-order valence-corrected chi connectivity index (χ0v) is 20.2. The highest BCUT2D eigenvalue weighted by Crippen LogP contribution is 2.32. The van der Waals surface area contributed by atoms with E-state index in [0.717, 1.165) is 37.8 Å². The fourth-order valence-corrected chi connectivity index (χ4v) is 5.10. The van der Waals surface area contributed by atoms with Crippen molar-refractivity contribution >= 4 is 5.95 Å². The summed E-state index contributed by atoms with van der Waals surface area (Å²) < 4.78 is 48.8. The van der Waals surface area contributed by atoms with E-state index in [9.17, 15) is 18.0 Å². The first-order valence-corrected chi connectivity index (χ1v) is 12.5. The van der Waals surface area contributed by atoms with E-state index in [1.807, 2.05) is 0 Å². The van der Waals surface area contributed by atoms with Crippen molar-refractivity contribution in [1.82, 2.24) is 19.1 Å². The zero-order valence-electron chi connectivity index (χ0n) is 20.2. The van der Waals surface area contributed by atoms with E-state index in [-0.39, 0.29) is 17.8 Å². The Morgan fingerprint density at radius 2 is 1.81 bits per heavy atom. The van der Waals surface area contributed by atoms with Crippen molar-refractivity contribution in [2.45, 2.75) is 63.7 Å². The Balaban J connectivity index is 1.56. The van der Waals surface area contributed by atoms with Gasteiger partial charge in [-0.3, -0.25) is 9.13 Å². The second kappa shape index (κ2) is 10.1. The van der Waals surface area contributed by atoms with Gasteiger partial charge in [0, 0.05) is 37.7 Å². The van der Waals surface area contributed by atoms with Crippen LogP contribution in [-0.4, -0.2) is 38.4 Å². The van der Waals surface area contributed by atoms with Crippen LogP contribution in [0.5, 0.6) is 0 Å². The van der Waals surface area contributed by atoms with Crippen molar-refractivity contribution in [2.75, 3.05) is 18.5 Å². The molecular formula is C26H30F3N5O2. The van der Waals surface area contributed by atoms with Gasteiger partial charge >= 0.3 is 11.9 Å². The lowest BCUT2D eigenvalue weighted by Gasteiger charge is -2.26. The predicted octanol–water partition coefficient (Wildman–Crippen LogP) is 5.46. The van der Waals surface area contributed by atoms with Gasteiger partial charge in [0.15, 0.2) is 0 Å².